The molecule has 2 N–H and O–H groups in total. The van der Waals surface area contributed by atoms with Crippen LogP contribution in [0.3, 0.4) is 0 Å². The van der Waals surface area contributed by atoms with Gasteiger partial charge in [0.05, 0.1) is 26.3 Å². The van der Waals surface area contributed by atoms with E-state index in [9.17, 15) is 23.4 Å². The average molecular weight is 452 g/mol. The minimum atomic E-state index is -6.09. The maximum absolute atomic E-state index is 10.7. The summed E-state index contributed by atoms with van der Waals surface area (Å²) < 4.78 is 59.8. The molecule has 6 nitrogen and oxygen atoms in total. The van der Waals surface area contributed by atoms with Gasteiger partial charge in [-0.3, -0.25) is 0 Å². The van der Waals surface area contributed by atoms with Crippen LogP contribution in [-0.4, -0.2) is 72.6 Å². The Hall–Kier alpha value is -0.420. The summed E-state index contributed by atoms with van der Waals surface area (Å²) in [5, 5.41) is 18.4. The molecule has 0 aliphatic carbocycles. The van der Waals surface area contributed by atoms with Crippen LogP contribution in [0.4, 0.5) is 13.2 Å². The summed E-state index contributed by atoms with van der Waals surface area (Å²) in [5.74, 6) is 0. The van der Waals surface area contributed by atoms with Crippen molar-refractivity contribution in [2.24, 2.45) is 0 Å². The van der Waals surface area contributed by atoms with Crippen LogP contribution in [0.5, 0.6) is 0 Å². The number of rotatable bonds is 16. The molecule has 29 heavy (non-hydrogen) atoms. The minimum absolute atomic E-state index is 0.228. The molecule has 0 radical (unpaired) electrons. The lowest BCUT2D eigenvalue weighted by Crippen LogP contribution is -2.52. The fraction of sp³-hybridized carbons (Fsp3) is 1.00. The van der Waals surface area contributed by atoms with Crippen molar-refractivity contribution in [3.63, 3.8) is 0 Å². The quantitative estimate of drug-likeness (QED) is 0.161. The normalized spacial score (nSPS) is 12.6. The van der Waals surface area contributed by atoms with Crippen LogP contribution in [0, 0.1) is 0 Å². The van der Waals surface area contributed by atoms with Crippen molar-refractivity contribution in [3.05, 3.63) is 0 Å². The van der Waals surface area contributed by atoms with E-state index >= 15 is 0 Å². The van der Waals surface area contributed by atoms with Crippen molar-refractivity contribution in [2.45, 2.75) is 83.6 Å². The maximum atomic E-state index is 10.7. The second kappa shape index (κ2) is 17.3. The van der Waals surface area contributed by atoms with Gasteiger partial charge in [0.15, 0.2) is 10.1 Å². The molecule has 178 valence electrons. The average Bonchev–Trinajstić information content (AvgIpc) is 2.62. The van der Waals surface area contributed by atoms with Gasteiger partial charge in [-0.05, 0) is 19.8 Å². The second-order valence-electron chi connectivity index (χ2n) is 7.36. The van der Waals surface area contributed by atoms with Gasteiger partial charge in [-0.25, -0.2) is 8.42 Å². The van der Waals surface area contributed by atoms with E-state index in [1.807, 2.05) is 0 Å². The van der Waals surface area contributed by atoms with Gasteiger partial charge in [0.1, 0.15) is 13.1 Å². The molecule has 0 atom stereocenters. The first kappa shape index (κ1) is 30.8. The van der Waals surface area contributed by atoms with E-state index in [2.05, 4.69) is 13.8 Å². The Kier molecular flexibility index (Phi) is 18.3. The smallest absolute Gasteiger partial charge is 0.485 e. The van der Waals surface area contributed by atoms with Crippen molar-refractivity contribution in [1.29, 1.82) is 0 Å². The number of aliphatic hydroxyl groups excluding tert-OH is 2. The zero-order valence-electron chi connectivity index (χ0n) is 17.9. The highest BCUT2D eigenvalue weighted by Gasteiger charge is 2.36. The molecule has 0 aromatic carbocycles. The lowest BCUT2D eigenvalue weighted by molar-refractivity contribution is -0.927. The van der Waals surface area contributed by atoms with Crippen LogP contribution in [0.1, 0.15) is 78.1 Å². The molecule has 0 saturated carbocycles. The Bertz CT molecular complexity index is 467. The lowest BCUT2D eigenvalue weighted by Gasteiger charge is -2.37. The number of alkyl halides is 3. The van der Waals surface area contributed by atoms with Crippen molar-refractivity contribution in [2.75, 3.05) is 39.4 Å². The van der Waals surface area contributed by atoms with Gasteiger partial charge in [0.25, 0.3) is 0 Å². The number of quaternary nitrogens is 1. The molecular weight excluding hydrogens is 411 g/mol. The van der Waals surface area contributed by atoms with E-state index in [0.29, 0.717) is 0 Å². The Morgan fingerprint density at radius 2 is 1.10 bits per heavy atom. The van der Waals surface area contributed by atoms with E-state index in [1.165, 1.54) is 64.2 Å². The molecule has 0 spiro atoms. The van der Waals surface area contributed by atoms with Gasteiger partial charge < -0.3 is 19.2 Å². The van der Waals surface area contributed by atoms with Crippen LogP contribution in [0.15, 0.2) is 0 Å². The summed E-state index contributed by atoms with van der Waals surface area (Å²) >= 11 is 0. The van der Waals surface area contributed by atoms with Crippen molar-refractivity contribution < 1.29 is 40.8 Å². The van der Waals surface area contributed by atoms with Gasteiger partial charge >= 0.3 is 5.51 Å². The summed E-state index contributed by atoms with van der Waals surface area (Å²) in [6.45, 7) is 8.58. The number of halogens is 3. The first-order valence-corrected chi connectivity index (χ1v) is 12.0. The number of aliphatic hydroxyl groups is 2. The summed E-state index contributed by atoms with van der Waals surface area (Å²) in [5.41, 5.74) is -5.65. The summed E-state index contributed by atoms with van der Waals surface area (Å²) in [4.78, 5) is 0. The molecule has 0 aromatic rings. The zero-order valence-corrected chi connectivity index (χ0v) is 18.7. The Balaban J connectivity index is 0. The van der Waals surface area contributed by atoms with Gasteiger partial charge in [0, 0.05) is 0 Å². The second-order valence-corrected chi connectivity index (χ2v) is 8.73. The van der Waals surface area contributed by atoms with E-state index in [1.54, 1.807) is 0 Å². The zero-order chi connectivity index (χ0) is 22.8. The molecule has 0 saturated heterocycles. The molecular formula is C19H40F3NO5S. The molecule has 0 aromatic heterocycles. The number of hydrogen-bond acceptors (Lipinski definition) is 5. The highest BCUT2D eigenvalue weighted by Crippen LogP contribution is 2.20. The highest BCUT2D eigenvalue weighted by atomic mass is 32.2. The van der Waals surface area contributed by atoms with Gasteiger partial charge in [-0.1, -0.05) is 58.3 Å². The third-order valence-corrected chi connectivity index (χ3v) is 5.66. The standard InChI is InChI=1S/C18H40NO2.CHF3O3S/c1-3-5-6-7-8-9-10-11-12-13-14-19(4-2,15-17-20)16-18-21;2-1(3,4)8(5,6)7/h20-21H,3-18H2,1-2H3;(H,5,6,7)/q+1;/p-1. The molecule has 0 heterocycles. The summed E-state index contributed by atoms with van der Waals surface area (Å²) in [7, 11) is -6.09. The monoisotopic (exact) mass is 451 g/mol. The Morgan fingerprint density at radius 3 is 1.38 bits per heavy atom. The Morgan fingerprint density at radius 1 is 0.759 bits per heavy atom. The lowest BCUT2D eigenvalue weighted by atomic mass is 10.1. The first-order valence-electron chi connectivity index (χ1n) is 10.6. The van der Waals surface area contributed by atoms with Crippen LogP contribution >= 0.6 is 0 Å². The Labute approximate surface area is 174 Å². The summed E-state index contributed by atoms with van der Waals surface area (Å²) in [6.07, 6.45) is 13.6. The SMILES string of the molecule is CCCCCCCCCCCC[N+](CC)(CCO)CCO.O=S(=O)([O-])C(F)(F)F. The molecule has 0 bridgehead atoms. The fourth-order valence-electron chi connectivity index (χ4n) is 3.17. The molecule has 0 rings (SSSR count). The van der Waals surface area contributed by atoms with Crippen molar-refractivity contribution >= 4 is 10.1 Å². The van der Waals surface area contributed by atoms with E-state index in [-0.39, 0.29) is 13.2 Å². The predicted molar refractivity (Wildman–Crippen MR) is 107 cm³/mol. The largest absolute Gasteiger partial charge is 0.741 e. The van der Waals surface area contributed by atoms with Crippen molar-refractivity contribution in [3.8, 4) is 0 Å². The van der Waals surface area contributed by atoms with Crippen LogP contribution in [0.2, 0.25) is 0 Å². The van der Waals surface area contributed by atoms with E-state index in [0.717, 1.165) is 30.7 Å². The van der Waals surface area contributed by atoms with Crippen LogP contribution in [-0.2, 0) is 10.1 Å². The number of likely N-dealkylation sites (N-methyl/N-ethyl adjacent to an activating group) is 1. The van der Waals surface area contributed by atoms with Crippen LogP contribution < -0.4 is 0 Å². The van der Waals surface area contributed by atoms with Gasteiger partial charge in [0.2, 0.25) is 0 Å². The molecule has 0 fully saturated rings. The molecule has 0 aliphatic heterocycles. The molecule has 0 aliphatic rings. The molecule has 0 amide bonds. The predicted octanol–water partition coefficient (Wildman–Crippen LogP) is 3.78. The molecule has 0 unspecified atom stereocenters. The number of hydrogen-bond donors (Lipinski definition) is 2. The topological polar surface area (TPSA) is 97.7 Å². The third-order valence-electron chi connectivity index (χ3n) is 5.09. The maximum Gasteiger partial charge on any atom is 0.485 e. The number of unbranched alkanes of at least 4 members (excludes halogenated alkanes) is 9. The van der Waals surface area contributed by atoms with E-state index < -0.39 is 15.6 Å². The van der Waals surface area contributed by atoms with Crippen LogP contribution in [0.25, 0.3) is 0 Å². The van der Waals surface area contributed by atoms with Gasteiger partial charge in [-0.2, -0.15) is 13.2 Å². The van der Waals surface area contributed by atoms with E-state index in [4.69, 9.17) is 13.0 Å². The van der Waals surface area contributed by atoms with Gasteiger partial charge in [-0.15, -0.1) is 0 Å². The fourth-order valence-corrected chi connectivity index (χ4v) is 3.17. The van der Waals surface area contributed by atoms with Crippen molar-refractivity contribution in [1.82, 2.24) is 0 Å². The molecule has 10 heteroatoms. The minimum Gasteiger partial charge on any atom is -0.741 e. The first-order chi connectivity index (χ1) is 13.5. The highest BCUT2D eigenvalue weighted by molar-refractivity contribution is 7.86. The summed E-state index contributed by atoms with van der Waals surface area (Å²) in [6, 6.07) is 0. The third kappa shape index (κ3) is 17.0. The number of nitrogens with zero attached hydrogens (tertiary/aromatic N) is 1.